The average molecular weight is 1240 g/mol. The lowest BCUT2D eigenvalue weighted by atomic mass is 10.0. The zero-order valence-corrected chi connectivity index (χ0v) is 58.5. The van der Waals surface area contributed by atoms with Crippen molar-refractivity contribution in [2.75, 3.05) is 47.5 Å². The van der Waals surface area contributed by atoms with Crippen LogP contribution in [0.5, 0.6) is 0 Å². The Morgan fingerprint density at radius 1 is 0.348 bits per heavy atom. The van der Waals surface area contributed by atoms with Crippen LogP contribution in [0.1, 0.15) is 322 Å². The van der Waals surface area contributed by atoms with Gasteiger partial charge >= 0.3 is 11.9 Å². The molecule has 0 aromatic carbocycles. The first-order chi connectivity index (χ1) is 43.6. The Labute approximate surface area is 549 Å². The lowest BCUT2D eigenvalue weighted by molar-refractivity contribution is -0.870. The van der Waals surface area contributed by atoms with Gasteiger partial charge in [0.1, 0.15) is 13.2 Å². The van der Waals surface area contributed by atoms with Crippen molar-refractivity contribution in [3.63, 3.8) is 0 Å². The van der Waals surface area contributed by atoms with E-state index in [-0.39, 0.29) is 38.6 Å². The van der Waals surface area contributed by atoms with Gasteiger partial charge in [-0.1, -0.05) is 335 Å². The highest BCUT2D eigenvalue weighted by Gasteiger charge is 2.22. The molecular weight excluding hydrogens is 1100 g/mol. The first-order valence-corrected chi connectivity index (χ1v) is 37.0. The minimum Gasteiger partial charge on any atom is -0.545 e. The van der Waals surface area contributed by atoms with E-state index in [9.17, 15) is 19.5 Å². The van der Waals surface area contributed by atoms with E-state index in [1.165, 1.54) is 193 Å². The van der Waals surface area contributed by atoms with Crippen molar-refractivity contribution in [3.8, 4) is 0 Å². The molecule has 0 aromatic heterocycles. The van der Waals surface area contributed by atoms with Gasteiger partial charge in [-0.25, -0.2) is 0 Å². The van der Waals surface area contributed by atoms with Gasteiger partial charge in [0, 0.05) is 12.8 Å². The Morgan fingerprint density at radius 2 is 0.640 bits per heavy atom. The topological polar surface area (TPSA) is 111 Å². The minimum absolute atomic E-state index is 0.137. The van der Waals surface area contributed by atoms with Gasteiger partial charge in [-0.2, -0.15) is 0 Å². The van der Waals surface area contributed by atoms with Crippen molar-refractivity contribution in [3.05, 3.63) is 109 Å². The summed E-state index contributed by atoms with van der Waals surface area (Å²) in [4.78, 5) is 37.5. The summed E-state index contributed by atoms with van der Waals surface area (Å²) in [5, 5.41) is 11.8. The zero-order valence-electron chi connectivity index (χ0n) is 58.5. The SMILES string of the molecule is CC/C=C\C/C=C\C/C=C\C/C=C\C/C=C\C/C=C\C/C=C\C/C=C\C/C=C\CCCCCC(=O)OC(COC(=O)CCCCCCCCCCCCCCCCCCCCCCCCCCCCCCCCCCC)COC(OCC[N+](C)(C)C)C(=O)[O-]. The highest BCUT2D eigenvalue weighted by molar-refractivity contribution is 5.70. The maximum absolute atomic E-state index is 12.9. The number of allylic oxidation sites excluding steroid dienone is 18. The van der Waals surface area contributed by atoms with Crippen LogP contribution in [-0.2, 0) is 33.3 Å². The number of carboxylic acid groups (broad SMARTS) is 1. The predicted octanol–water partition coefficient (Wildman–Crippen LogP) is 22.0. The van der Waals surface area contributed by atoms with Crippen molar-refractivity contribution in [1.82, 2.24) is 0 Å². The van der Waals surface area contributed by atoms with E-state index >= 15 is 0 Å². The van der Waals surface area contributed by atoms with Crippen LogP contribution in [0.3, 0.4) is 0 Å². The molecule has 9 heteroatoms. The van der Waals surface area contributed by atoms with Crippen LogP contribution < -0.4 is 5.11 Å². The maximum atomic E-state index is 12.9. The molecule has 0 fully saturated rings. The molecule has 0 amide bonds. The Balaban J connectivity index is 4.15. The van der Waals surface area contributed by atoms with Gasteiger partial charge in [0.25, 0.3) is 0 Å². The molecular formula is C80H139NO8. The number of aliphatic carboxylic acids is 1. The molecule has 2 unspecified atom stereocenters. The van der Waals surface area contributed by atoms with E-state index in [0.29, 0.717) is 17.4 Å². The number of likely N-dealkylation sites (N-methyl/N-ethyl adjacent to an activating group) is 1. The second-order valence-electron chi connectivity index (χ2n) is 25.9. The molecule has 0 heterocycles. The van der Waals surface area contributed by atoms with Crippen molar-refractivity contribution in [1.29, 1.82) is 0 Å². The zero-order chi connectivity index (χ0) is 64.7. The van der Waals surface area contributed by atoms with Crippen LogP contribution in [0.4, 0.5) is 0 Å². The van der Waals surface area contributed by atoms with Gasteiger partial charge < -0.3 is 33.3 Å². The summed E-state index contributed by atoms with van der Waals surface area (Å²) in [6, 6.07) is 0. The van der Waals surface area contributed by atoms with Gasteiger partial charge in [-0.15, -0.1) is 0 Å². The number of hydrogen-bond donors (Lipinski definition) is 0. The summed E-state index contributed by atoms with van der Waals surface area (Å²) in [5.41, 5.74) is 0. The fraction of sp³-hybridized carbons (Fsp3) is 0.738. The largest absolute Gasteiger partial charge is 0.545 e. The third-order valence-corrected chi connectivity index (χ3v) is 16.0. The number of unbranched alkanes of at least 4 members (excludes halogenated alkanes) is 35. The predicted molar refractivity (Wildman–Crippen MR) is 380 cm³/mol. The number of carbonyl (C=O) groups excluding carboxylic acids is 3. The number of rotatable bonds is 68. The van der Waals surface area contributed by atoms with E-state index in [4.69, 9.17) is 18.9 Å². The summed E-state index contributed by atoms with van der Waals surface area (Å²) in [6.45, 7) is 4.63. The Kier molecular flexibility index (Phi) is 66.7. The molecule has 2 atom stereocenters. The number of hydrogen-bond acceptors (Lipinski definition) is 8. The van der Waals surface area contributed by atoms with Gasteiger partial charge in [0.15, 0.2) is 12.4 Å². The number of carboxylic acids is 1. The van der Waals surface area contributed by atoms with Gasteiger partial charge in [-0.3, -0.25) is 9.59 Å². The first kappa shape index (κ1) is 85.0. The normalized spacial score (nSPS) is 13.3. The maximum Gasteiger partial charge on any atom is 0.306 e. The van der Waals surface area contributed by atoms with E-state index in [2.05, 4.69) is 123 Å². The molecule has 0 aromatic rings. The van der Waals surface area contributed by atoms with Crippen molar-refractivity contribution < 1.29 is 42.9 Å². The highest BCUT2D eigenvalue weighted by atomic mass is 16.7. The van der Waals surface area contributed by atoms with Crippen LogP contribution in [-0.4, -0.2) is 82.3 Å². The summed E-state index contributed by atoms with van der Waals surface area (Å²) in [7, 11) is 5.92. The van der Waals surface area contributed by atoms with E-state index in [0.717, 1.165) is 96.3 Å². The summed E-state index contributed by atoms with van der Waals surface area (Å²) in [6.07, 6.45) is 94.8. The molecule has 0 rings (SSSR count). The third kappa shape index (κ3) is 71.3. The number of carbonyl (C=O) groups is 3. The molecule has 0 radical (unpaired) electrons. The molecule has 0 saturated heterocycles. The van der Waals surface area contributed by atoms with E-state index < -0.39 is 24.3 Å². The molecule has 0 N–H and O–H groups in total. The molecule has 0 aliphatic carbocycles. The first-order valence-electron chi connectivity index (χ1n) is 37.0. The molecule has 0 saturated carbocycles. The smallest absolute Gasteiger partial charge is 0.306 e. The fourth-order valence-corrected chi connectivity index (χ4v) is 10.4. The number of esters is 2. The summed E-state index contributed by atoms with van der Waals surface area (Å²) < 4.78 is 22.8. The minimum atomic E-state index is -1.64. The number of ether oxygens (including phenoxy) is 4. The molecule has 0 spiro atoms. The quantitative estimate of drug-likeness (QED) is 0.0195. The second kappa shape index (κ2) is 69.8. The third-order valence-electron chi connectivity index (χ3n) is 16.0. The monoisotopic (exact) mass is 1240 g/mol. The lowest BCUT2D eigenvalue weighted by Gasteiger charge is -2.26. The Bertz CT molecular complexity index is 1830. The number of quaternary nitrogens is 1. The van der Waals surface area contributed by atoms with Crippen LogP contribution in [0.2, 0.25) is 0 Å². The summed E-state index contributed by atoms with van der Waals surface area (Å²) >= 11 is 0. The highest BCUT2D eigenvalue weighted by Crippen LogP contribution is 2.18. The van der Waals surface area contributed by atoms with Gasteiger partial charge in [0.2, 0.25) is 0 Å². The lowest BCUT2D eigenvalue weighted by Crippen LogP contribution is -2.44. The van der Waals surface area contributed by atoms with Crippen molar-refractivity contribution in [2.45, 2.75) is 334 Å². The van der Waals surface area contributed by atoms with Crippen LogP contribution >= 0.6 is 0 Å². The number of nitrogens with zero attached hydrogens (tertiary/aromatic N) is 1. The molecule has 9 nitrogen and oxygen atoms in total. The van der Waals surface area contributed by atoms with E-state index in [1.807, 2.05) is 21.1 Å². The molecule has 0 aliphatic rings. The second-order valence-corrected chi connectivity index (χ2v) is 25.9. The van der Waals surface area contributed by atoms with Crippen LogP contribution in [0.15, 0.2) is 109 Å². The Morgan fingerprint density at radius 3 is 0.955 bits per heavy atom. The summed E-state index contributed by atoms with van der Waals surface area (Å²) in [5.74, 6) is -2.32. The van der Waals surface area contributed by atoms with E-state index in [1.54, 1.807) is 0 Å². The standard InChI is InChI=1S/C80H139NO8/c1-6-8-10-12-14-16-18-20-22-24-26-28-30-32-34-36-38-39-41-42-44-46-48-50-52-54-56-58-60-62-64-66-68-70-77(82)87-74-76(75-88-80(79(84)85)86-73-72-81(3,4)5)89-78(83)71-69-67-65-63-61-59-57-55-53-51-49-47-45-43-40-37-35-33-31-29-27-25-23-21-19-17-15-13-11-9-7-2/h9,11,15,17,21,23,27,29,33,35,40,43,47,49,53,55,59,61,76,80H,6-8,10,12-14,16,18-20,22,24-26,28,30-32,34,36-39,41-42,44-46,48,50-52,54,56-58,60,62-75H2,1-5H3/b11-9-,17-15-,23-21-,29-27-,35-33-,43-40-,49-47-,55-53-,61-59-. The van der Waals surface area contributed by atoms with Gasteiger partial charge in [-0.05, 0) is 83.5 Å². The average Bonchev–Trinajstić information content (AvgIpc) is 3.64. The fourth-order valence-electron chi connectivity index (χ4n) is 10.4. The Hall–Kier alpha value is -4.05. The van der Waals surface area contributed by atoms with Crippen LogP contribution in [0.25, 0.3) is 0 Å². The molecule has 0 bridgehead atoms. The van der Waals surface area contributed by atoms with Crippen molar-refractivity contribution >= 4 is 17.9 Å². The molecule has 512 valence electrons. The van der Waals surface area contributed by atoms with Crippen molar-refractivity contribution in [2.24, 2.45) is 0 Å². The molecule has 89 heavy (non-hydrogen) atoms. The molecule has 0 aliphatic heterocycles. The van der Waals surface area contributed by atoms with Gasteiger partial charge in [0.05, 0.1) is 40.3 Å². The van der Waals surface area contributed by atoms with Crippen LogP contribution in [0, 0.1) is 0 Å².